The number of hydrogen-bond donors (Lipinski definition) is 1. The van der Waals surface area contributed by atoms with Crippen molar-refractivity contribution >= 4 is 6.03 Å². The summed E-state index contributed by atoms with van der Waals surface area (Å²) in [6.07, 6.45) is -0.0550. The molecule has 0 aromatic heterocycles. The Hall–Kier alpha value is -1.59. The summed E-state index contributed by atoms with van der Waals surface area (Å²) >= 11 is 0. The van der Waals surface area contributed by atoms with Crippen LogP contribution in [0, 0.1) is 0 Å². The van der Waals surface area contributed by atoms with Crippen LogP contribution in [0.4, 0.5) is 4.79 Å². The zero-order chi connectivity index (χ0) is 14.4. The molecule has 1 N–H and O–H groups in total. The number of hydrogen-bond acceptors (Lipinski definition) is 3. The second-order valence-electron chi connectivity index (χ2n) is 4.96. The van der Waals surface area contributed by atoms with Gasteiger partial charge >= 0.3 is 6.03 Å². The highest BCUT2D eigenvalue weighted by atomic mass is 16.5. The van der Waals surface area contributed by atoms with E-state index in [-0.39, 0.29) is 18.2 Å². The van der Waals surface area contributed by atoms with Crippen molar-refractivity contribution in [3.8, 4) is 0 Å². The Morgan fingerprint density at radius 1 is 1.45 bits per heavy atom. The highest BCUT2D eigenvalue weighted by Gasteiger charge is 2.30. The van der Waals surface area contributed by atoms with Crippen molar-refractivity contribution < 1.29 is 14.3 Å². The van der Waals surface area contributed by atoms with Crippen molar-refractivity contribution in [3.63, 3.8) is 0 Å². The van der Waals surface area contributed by atoms with Crippen LogP contribution in [-0.2, 0) is 9.47 Å². The van der Waals surface area contributed by atoms with Crippen LogP contribution in [-0.4, -0.2) is 50.4 Å². The molecular formula is C15H22N2O3. The first-order valence-electron chi connectivity index (χ1n) is 6.92. The fourth-order valence-corrected chi connectivity index (χ4v) is 2.27. The molecule has 2 atom stereocenters. The fourth-order valence-electron chi connectivity index (χ4n) is 2.27. The van der Waals surface area contributed by atoms with E-state index in [2.05, 4.69) is 5.32 Å². The maximum Gasteiger partial charge on any atom is 0.317 e. The molecule has 1 saturated heterocycles. The normalized spacial score (nSPS) is 22.6. The van der Waals surface area contributed by atoms with Gasteiger partial charge < -0.3 is 19.7 Å². The number of ether oxygens (including phenoxy) is 2. The standard InChI is InChI=1S/C15H22N2O3/c1-12-11-20-14(13-6-4-3-5-7-13)10-17(12)15(18)16-8-9-19-2/h3-7,12,14H,8-11H2,1-2H3,(H,16,18)/t12-,14+/m0/s1. The van der Waals surface area contributed by atoms with Crippen molar-refractivity contribution in [1.29, 1.82) is 0 Å². The van der Waals surface area contributed by atoms with Crippen LogP contribution in [0.2, 0.25) is 0 Å². The molecule has 1 aromatic carbocycles. The third-order valence-electron chi connectivity index (χ3n) is 3.45. The van der Waals surface area contributed by atoms with Crippen molar-refractivity contribution in [2.45, 2.75) is 19.1 Å². The zero-order valence-corrected chi connectivity index (χ0v) is 12.0. The Balaban J connectivity index is 1.96. The first kappa shape index (κ1) is 14.8. The third-order valence-corrected chi connectivity index (χ3v) is 3.45. The number of amides is 2. The summed E-state index contributed by atoms with van der Waals surface area (Å²) < 4.78 is 10.8. The molecular weight excluding hydrogens is 256 g/mol. The van der Waals surface area contributed by atoms with Crippen molar-refractivity contribution in [1.82, 2.24) is 10.2 Å². The van der Waals surface area contributed by atoms with Crippen molar-refractivity contribution in [2.75, 3.05) is 33.4 Å². The van der Waals surface area contributed by atoms with Gasteiger partial charge in [0.15, 0.2) is 0 Å². The van der Waals surface area contributed by atoms with E-state index in [1.165, 1.54) is 0 Å². The Labute approximate surface area is 119 Å². The van der Waals surface area contributed by atoms with Crippen LogP contribution in [0.15, 0.2) is 30.3 Å². The molecule has 20 heavy (non-hydrogen) atoms. The summed E-state index contributed by atoms with van der Waals surface area (Å²) in [6.45, 7) is 4.17. The first-order valence-corrected chi connectivity index (χ1v) is 6.92. The maximum atomic E-state index is 12.2. The quantitative estimate of drug-likeness (QED) is 0.855. The zero-order valence-electron chi connectivity index (χ0n) is 12.0. The lowest BCUT2D eigenvalue weighted by Gasteiger charge is -2.38. The van der Waals surface area contributed by atoms with Gasteiger partial charge in [0.25, 0.3) is 0 Å². The van der Waals surface area contributed by atoms with Gasteiger partial charge in [0.05, 0.1) is 25.8 Å². The van der Waals surface area contributed by atoms with E-state index in [1.54, 1.807) is 7.11 Å². The molecule has 1 aliphatic rings. The van der Waals surface area contributed by atoms with Crippen LogP contribution in [0.1, 0.15) is 18.6 Å². The Bertz CT molecular complexity index is 424. The first-order chi connectivity index (χ1) is 9.72. The second kappa shape index (κ2) is 7.26. The molecule has 2 amide bonds. The number of rotatable bonds is 4. The number of benzene rings is 1. The van der Waals surface area contributed by atoms with Gasteiger partial charge in [-0.2, -0.15) is 0 Å². The van der Waals surface area contributed by atoms with Crippen LogP contribution < -0.4 is 5.32 Å². The largest absolute Gasteiger partial charge is 0.383 e. The number of carbonyl (C=O) groups is 1. The van der Waals surface area contributed by atoms with Crippen molar-refractivity contribution in [3.05, 3.63) is 35.9 Å². The van der Waals surface area contributed by atoms with E-state index in [0.717, 1.165) is 5.56 Å². The molecule has 1 aromatic rings. The van der Waals surface area contributed by atoms with Gasteiger partial charge in [-0.1, -0.05) is 30.3 Å². The second-order valence-corrected chi connectivity index (χ2v) is 4.96. The van der Waals surface area contributed by atoms with Crippen LogP contribution in [0.3, 0.4) is 0 Å². The number of methoxy groups -OCH3 is 1. The van der Waals surface area contributed by atoms with E-state index in [9.17, 15) is 4.79 Å². The van der Waals surface area contributed by atoms with Gasteiger partial charge in [0, 0.05) is 13.7 Å². The minimum Gasteiger partial charge on any atom is -0.383 e. The lowest BCUT2D eigenvalue weighted by molar-refractivity contribution is -0.0428. The maximum absolute atomic E-state index is 12.2. The third kappa shape index (κ3) is 3.71. The highest BCUT2D eigenvalue weighted by molar-refractivity contribution is 5.74. The summed E-state index contributed by atoms with van der Waals surface area (Å²) in [5, 5.41) is 2.86. The number of urea groups is 1. The molecule has 0 unspecified atom stereocenters. The number of carbonyl (C=O) groups excluding carboxylic acids is 1. The van der Waals surface area contributed by atoms with Crippen LogP contribution >= 0.6 is 0 Å². The Morgan fingerprint density at radius 3 is 2.90 bits per heavy atom. The van der Waals surface area contributed by atoms with Gasteiger partial charge in [-0.25, -0.2) is 4.79 Å². The van der Waals surface area contributed by atoms with Gasteiger partial charge in [0.2, 0.25) is 0 Å². The summed E-state index contributed by atoms with van der Waals surface area (Å²) in [5.74, 6) is 0. The summed E-state index contributed by atoms with van der Waals surface area (Å²) in [6, 6.07) is 10.0. The van der Waals surface area contributed by atoms with Crippen LogP contribution in [0.5, 0.6) is 0 Å². The molecule has 1 fully saturated rings. The Kier molecular flexibility index (Phi) is 5.38. The SMILES string of the molecule is COCCNC(=O)N1C[C@H](c2ccccc2)OC[C@@H]1C. The van der Waals surface area contributed by atoms with E-state index in [0.29, 0.717) is 26.3 Å². The van der Waals surface area contributed by atoms with Gasteiger partial charge in [0.1, 0.15) is 6.10 Å². The predicted molar refractivity (Wildman–Crippen MR) is 76.6 cm³/mol. The number of nitrogens with zero attached hydrogens (tertiary/aromatic N) is 1. The summed E-state index contributed by atoms with van der Waals surface area (Å²) in [5.41, 5.74) is 1.11. The summed E-state index contributed by atoms with van der Waals surface area (Å²) in [4.78, 5) is 14.0. The molecule has 110 valence electrons. The molecule has 5 nitrogen and oxygen atoms in total. The van der Waals surface area contributed by atoms with Gasteiger partial charge in [-0.3, -0.25) is 0 Å². The van der Waals surface area contributed by atoms with E-state index in [1.807, 2.05) is 42.2 Å². The lowest BCUT2D eigenvalue weighted by atomic mass is 10.1. The highest BCUT2D eigenvalue weighted by Crippen LogP contribution is 2.24. The molecule has 5 heteroatoms. The van der Waals surface area contributed by atoms with E-state index in [4.69, 9.17) is 9.47 Å². The van der Waals surface area contributed by atoms with Crippen molar-refractivity contribution in [2.24, 2.45) is 0 Å². The van der Waals surface area contributed by atoms with Gasteiger partial charge in [-0.05, 0) is 12.5 Å². The Morgan fingerprint density at radius 2 is 2.20 bits per heavy atom. The minimum absolute atomic E-state index is 0.0550. The summed E-state index contributed by atoms with van der Waals surface area (Å²) in [7, 11) is 1.62. The molecule has 1 aliphatic heterocycles. The number of morpholine rings is 1. The molecule has 0 saturated carbocycles. The van der Waals surface area contributed by atoms with E-state index < -0.39 is 0 Å². The molecule has 0 radical (unpaired) electrons. The van der Waals surface area contributed by atoms with E-state index >= 15 is 0 Å². The smallest absolute Gasteiger partial charge is 0.317 e. The number of nitrogens with one attached hydrogen (secondary N) is 1. The molecule has 0 spiro atoms. The average Bonchev–Trinajstić information content (AvgIpc) is 2.49. The molecule has 0 aliphatic carbocycles. The average molecular weight is 278 g/mol. The predicted octanol–water partition coefficient (Wildman–Crippen LogP) is 1.80. The molecule has 0 bridgehead atoms. The molecule has 2 rings (SSSR count). The lowest BCUT2D eigenvalue weighted by Crippen LogP contribution is -2.52. The van der Waals surface area contributed by atoms with Gasteiger partial charge in [-0.15, -0.1) is 0 Å². The van der Waals surface area contributed by atoms with Crippen LogP contribution in [0.25, 0.3) is 0 Å². The monoisotopic (exact) mass is 278 g/mol. The minimum atomic E-state index is -0.0567. The molecule has 1 heterocycles. The fraction of sp³-hybridized carbons (Fsp3) is 0.533. The topological polar surface area (TPSA) is 50.8 Å².